The van der Waals surface area contributed by atoms with Crippen molar-refractivity contribution in [3.8, 4) is 6.07 Å². The van der Waals surface area contributed by atoms with Crippen LogP contribution in [0.5, 0.6) is 0 Å². The van der Waals surface area contributed by atoms with E-state index in [4.69, 9.17) is 5.26 Å². The fourth-order valence-corrected chi connectivity index (χ4v) is 1.58. The molecule has 1 atom stereocenters. The minimum absolute atomic E-state index is 0.00482. The van der Waals surface area contributed by atoms with Gasteiger partial charge in [-0.25, -0.2) is 4.98 Å². The molecule has 1 unspecified atom stereocenters. The molecular weight excluding hydrogens is 188 g/mol. The van der Waals surface area contributed by atoms with Crippen LogP contribution in [-0.2, 0) is 0 Å². The van der Waals surface area contributed by atoms with Gasteiger partial charge in [0.1, 0.15) is 11.1 Å². The second-order valence-electron chi connectivity index (χ2n) is 2.50. The summed E-state index contributed by atoms with van der Waals surface area (Å²) in [4.78, 5) is 15.2. The van der Waals surface area contributed by atoms with Crippen molar-refractivity contribution in [1.82, 2.24) is 4.98 Å². The number of carbonyl (C=O) groups excluding carboxylic acids is 1. The molecule has 13 heavy (non-hydrogen) atoms. The molecule has 0 amide bonds. The van der Waals surface area contributed by atoms with E-state index in [2.05, 4.69) is 4.98 Å². The van der Waals surface area contributed by atoms with Crippen LogP contribution < -0.4 is 0 Å². The van der Waals surface area contributed by atoms with Gasteiger partial charge in [0, 0.05) is 13.1 Å². The Morgan fingerprint density at radius 3 is 3.08 bits per heavy atom. The van der Waals surface area contributed by atoms with Crippen molar-refractivity contribution in [2.75, 3.05) is 0 Å². The van der Waals surface area contributed by atoms with Gasteiger partial charge in [0.25, 0.3) is 0 Å². The molecular formula is C8H8N2O2S. The van der Waals surface area contributed by atoms with Gasteiger partial charge >= 0.3 is 0 Å². The second kappa shape index (κ2) is 4.12. The first kappa shape index (κ1) is 9.84. The number of nitrogens with zero attached hydrogens (tertiary/aromatic N) is 2. The van der Waals surface area contributed by atoms with Crippen molar-refractivity contribution in [3.05, 3.63) is 16.1 Å². The Labute approximate surface area is 79.5 Å². The maximum absolute atomic E-state index is 10.9. The van der Waals surface area contributed by atoms with Crippen LogP contribution in [0.2, 0.25) is 0 Å². The van der Waals surface area contributed by atoms with E-state index in [1.807, 2.05) is 6.07 Å². The van der Waals surface area contributed by atoms with Gasteiger partial charge in [-0.15, -0.1) is 11.3 Å². The molecule has 1 aromatic heterocycles. The van der Waals surface area contributed by atoms with Crippen LogP contribution >= 0.6 is 11.3 Å². The van der Waals surface area contributed by atoms with Gasteiger partial charge in [0.2, 0.25) is 0 Å². The van der Waals surface area contributed by atoms with Gasteiger partial charge in [-0.05, 0) is 0 Å². The molecule has 0 aliphatic rings. The van der Waals surface area contributed by atoms with Crippen LogP contribution in [0.25, 0.3) is 0 Å². The molecule has 5 heteroatoms. The lowest BCUT2D eigenvalue weighted by atomic mass is 10.3. The predicted octanol–water partition coefficient (Wildman–Crippen LogP) is 1.29. The maximum atomic E-state index is 10.9. The summed E-state index contributed by atoms with van der Waals surface area (Å²) in [6, 6.07) is 1.84. The highest BCUT2D eigenvalue weighted by molar-refractivity contribution is 7.13. The average molecular weight is 196 g/mol. The number of aliphatic hydroxyl groups is 1. The lowest BCUT2D eigenvalue weighted by Crippen LogP contribution is -1.93. The number of thiazole rings is 1. The van der Waals surface area contributed by atoms with E-state index in [1.165, 1.54) is 13.1 Å². The average Bonchev–Trinajstić information content (AvgIpc) is 2.52. The molecule has 4 nitrogen and oxygen atoms in total. The highest BCUT2D eigenvalue weighted by Crippen LogP contribution is 2.22. The van der Waals surface area contributed by atoms with Crippen LogP contribution in [0.4, 0.5) is 0 Å². The number of aliphatic hydroxyl groups excluding tert-OH is 1. The fraction of sp³-hybridized carbons (Fsp3) is 0.375. The Bertz CT molecular complexity index is 353. The topological polar surface area (TPSA) is 74.0 Å². The summed E-state index contributed by atoms with van der Waals surface area (Å²) in [5.41, 5.74) is 0. The van der Waals surface area contributed by atoms with Gasteiger partial charge < -0.3 is 5.11 Å². The number of Topliss-reactive ketones (excluding diaryl/α,β-unsaturated/α-hetero) is 1. The zero-order valence-electron chi connectivity index (χ0n) is 7.02. The highest BCUT2D eigenvalue weighted by Gasteiger charge is 2.13. The van der Waals surface area contributed by atoms with E-state index < -0.39 is 6.10 Å². The second-order valence-corrected chi connectivity index (χ2v) is 3.56. The van der Waals surface area contributed by atoms with Crippen molar-refractivity contribution < 1.29 is 9.90 Å². The minimum atomic E-state index is -0.872. The van der Waals surface area contributed by atoms with E-state index in [-0.39, 0.29) is 12.2 Å². The Morgan fingerprint density at radius 2 is 2.62 bits per heavy atom. The minimum Gasteiger partial charge on any atom is -0.385 e. The van der Waals surface area contributed by atoms with E-state index in [9.17, 15) is 9.90 Å². The Balaban J connectivity index is 2.80. The standard InChI is InChI=1S/C8H8N2O2S/c1-5(11)7-4-10-8(13-7)6(12)2-3-9/h4,6,12H,2H2,1H3. The quantitative estimate of drug-likeness (QED) is 0.739. The predicted molar refractivity (Wildman–Crippen MR) is 47.3 cm³/mol. The summed E-state index contributed by atoms with van der Waals surface area (Å²) >= 11 is 1.13. The van der Waals surface area contributed by atoms with Crippen LogP contribution in [0.1, 0.15) is 34.1 Å². The number of carbonyl (C=O) groups is 1. The zero-order chi connectivity index (χ0) is 9.84. The first-order valence-electron chi connectivity index (χ1n) is 3.67. The molecule has 0 aromatic carbocycles. The van der Waals surface area contributed by atoms with Gasteiger partial charge in [-0.3, -0.25) is 4.79 Å². The molecule has 0 aliphatic carbocycles. The Hall–Kier alpha value is -1.25. The summed E-state index contributed by atoms with van der Waals surface area (Å²) in [6.07, 6.45) is 0.552. The Morgan fingerprint density at radius 1 is 1.92 bits per heavy atom. The molecule has 0 saturated heterocycles. The first-order valence-corrected chi connectivity index (χ1v) is 4.48. The highest BCUT2D eigenvalue weighted by atomic mass is 32.1. The van der Waals surface area contributed by atoms with Gasteiger partial charge in [-0.2, -0.15) is 5.26 Å². The first-order chi connectivity index (χ1) is 6.15. The van der Waals surface area contributed by atoms with E-state index >= 15 is 0 Å². The molecule has 68 valence electrons. The molecule has 0 radical (unpaired) electrons. The maximum Gasteiger partial charge on any atom is 0.171 e. The summed E-state index contributed by atoms with van der Waals surface area (Å²) in [5, 5.41) is 18.1. The lowest BCUT2D eigenvalue weighted by molar-refractivity contribution is 0.102. The number of rotatable bonds is 3. The molecule has 1 heterocycles. The van der Waals surface area contributed by atoms with Crippen molar-refractivity contribution in [3.63, 3.8) is 0 Å². The van der Waals surface area contributed by atoms with Gasteiger partial charge in [-0.1, -0.05) is 0 Å². The normalized spacial score (nSPS) is 12.1. The zero-order valence-corrected chi connectivity index (χ0v) is 7.84. The third-order valence-electron chi connectivity index (χ3n) is 1.44. The summed E-state index contributed by atoms with van der Waals surface area (Å²) in [7, 11) is 0. The summed E-state index contributed by atoms with van der Waals surface area (Å²) in [6.45, 7) is 1.44. The molecule has 0 aliphatic heterocycles. The van der Waals surface area contributed by atoms with Crippen molar-refractivity contribution in [1.29, 1.82) is 5.26 Å². The van der Waals surface area contributed by atoms with Crippen molar-refractivity contribution in [2.24, 2.45) is 0 Å². The number of aromatic nitrogens is 1. The van der Waals surface area contributed by atoms with Crippen LogP contribution in [-0.4, -0.2) is 15.9 Å². The van der Waals surface area contributed by atoms with Crippen LogP contribution in [0, 0.1) is 11.3 Å². The third-order valence-corrected chi connectivity index (χ3v) is 2.64. The molecule has 0 saturated carbocycles. The monoisotopic (exact) mass is 196 g/mol. The van der Waals surface area contributed by atoms with Crippen LogP contribution in [0.15, 0.2) is 6.20 Å². The molecule has 1 N–H and O–H groups in total. The molecule has 0 fully saturated rings. The number of nitriles is 1. The number of hydrogen-bond acceptors (Lipinski definition) is 5. The molecule has 1 aromatic rings. The number of hydrogen-bond donors (Lipinski definition) is 1. The molecule has 0 spiro atoms. The SMILES string of the molecule is CC(=O)c1cnc(C(O)CC#N)s1. The lowest BCUT2D eigenvalue weighted by Gasteiger charge is -1.98. The largest absolute Gasteiger partial charge is 0.385 e. The van der Waals surface area contributed by atoms with E-state index in [0.717, 1.165) is 11.3 Å². The Kier molecular flexibility index (Phi) is 3.12. The van der Waals surface area contributed by atoms with Crippen LogP contribution in [0.3, 0.4) is 0 Å². The van der Waals surface area contributed by atoms with Crippen molar-refractivity contribution in [2.45, 2.75) is 19.4 Å². The third kappa shape index (κ3) is 2.34. The van der Waals surface area contributed by atoms with Crippen molar-refractivity contribution >= 4 is 17.1 Å². The van der Waals surface area contributed by atoms with Gasteiger partial charge in [0.05, 0.1) is 17.4 Å². The van der Waals surface area contributed by atoms with Gasteiger partial charge in [0.15, 0.2) is 5.78 Å². The van der Waals surface area contributed by atoms with E-state index in [0.29, 0.717) is 9.88 Å². The summed E-state index contributed by atoms with van der Waals surface area (Å²) in [5.74, 6) is -0.0760. The molecule has 0 bridgehead atoms. The fourth-order valence-electron chi connectivity index (χ4n) is 0.778. The number of ketones is 1. The smallest absolute Gasteiger partial charge is 0.171 e. The summed E-state index contributed by atoms with van der Waals surface area (Å²) < 4.78 is 0. The van der Waals surface area contributed by atoms with E-state index in [1.54, 1.807) is 0 Å². The molecule has 1 rings (SSSR count).